The Hall–Kier alpha value is -2.76. The molecule has 0 spiro atoms. The summed E-state index contributed by atoms with van der Waals surface area (Å²) in [6, 6.07) is 24.0. The first-order valence-electron chi connectivity index (χ1n) is 11.0. The van der Waals surface area contributed by atoms with Crippen LogP contribution in [0, 0.1) is 11.3 Å². The molecule has 3 aromatic carbocycles. The summed E-state index contributed by atoms with van der Waals surface area (Å²) in [5.74, 6) is -0.759. The molecule has 0 saturated carbocycles. The monoisotopic (exact) mass is 599 g/mol. The van der Waals surface area contributed by atoms with Crippen molar-refractivity contribution in [1.29, 1.82) is 5.26 Å². The fourth-order valence-corrected chi connectivity index (χ4v) is 5.71. The number of hydrogen-bond acceptors (Lipinski definition) is 4. The number of nitrogens with zero attached hydrogens (tertiary/aromatic N) is 2. The van der Waals surface area contributed by atoms with Gasteiger partial charge in [-0.1, -0.05) is 81.2 Å². The van der Waals surface area contributed by atoms with Crippen molar-refractivity contribution >= 4 is 68.4 Å². The van der Waals surface area contributed by atoms with Crippen molar-refractivity contribution < 1.29 is 9.59 Å². The van der Waals surface area contributed by atoms with Gasteiger partial charge in [-0.2, -0.15) is 5.26 Å². The second kappa shape index (κ2) is 12.0. The van der Waals surface area contributed by atoms with E-state index in [0.717, 1.165) is 15.6 Å². The van der Waals surface area contributed by atoms with E-state index in [1.807, 2.05) is 36.4 Å². The minimum atomic E-state index is -0.583. The predicted octanol–water partition coefficient (Wildman–Crippen LogP) is 6.54. The summed E-state index contributed by atoms with van der Waals surface area (Å²) in [5.41, 5.74) is 2.25. The molecular formula is C27H20BrCl2N3O2S. The zero-order chi connectivity index (χ0) is 25.7. The molecule has 1 heterocycles. The molecule has 1 N–H and O–H groups in total. The highest BCUT2D eigenvalue weighted by Crippen LogP contribution is 2.42. The van der Waals surface area contributed by atoms with E-state index in [4.69, 9.17) is 23.2 Å². The minimum Gasteiger partial charge on any atom is -0.351 e. The van der Waals surface area contributed by atoms with Gasteiger partial charge in [-0.05, 0) is 66.4 Å². The summed E-state index contributed by atoms with van der Waals surface area (Å²) < 4.78 is 0.845. The van der Waals surface area contributed by atoms with Crippen LogP contribution in [0.2, 0.25) is 10.0 Å². The van der Waals surface area contributed by atoms with Crippen molar-refractivity contribution in [1.82, 2.24) is 5.32 Å². The van der Waals surface area contributed by atoms with Gasteiger partial charge < -0.3 is 5.32 Å². The number of carbonyl (C=O) groups is 2. The number of anilines is 1. The minimum absolute atomic E-state index is 0.107. The molecule has 36 heavy (non-hydrogen) atoms. The van der Waals surface area contributed by atoms with Crippen LogP contribution in [0.4, 0.5) is 5.69 Å². The van der Waals surface area contributed by atoms with E-state index >= 15 is 0 Å². The van der Waals surface area contributed by atoms with Crippen molar-refractivity contribution in [3.8, 4) is 6.07 Å². The Morgan fingerprint density at radius 1 is 1.08 bits per heavy atom. The Kier molecular flexibility index (Phi) is 8.76. The third kappa shape index (κ3) is 6.13. The Labute approximate surface area is 232 Å². The number of nitriles is 1. The number of halogens is 3. The lowest BCUT2D eigenvalue weighted by molar-refractivity contribution is -0.117. The molecule has 2 amide bonds. The molecule has 0 radical (unpaired) electrons. The molecule has 1 saturated heterocycles. The third-order valence-corrected chi connectivity index (χ3v) is 7.94. The SMILES string of the molecule is N#C/C(C(=O)NCCc1ccccc1)=C1/S[C@@H](Cc2cc(Cl)ccc2Cl)C(=O)N1c1ccc(Br)cc1. The van der Waals surface area contributed by atoms with Crippen molar-refractivity contribution in [3.63, 3.8) is 0 Å². The van der Waals surface area contributed by atoms with Crippen LogP contribution in [0.3, 0.4) is 0 Å². The van der Waals surface area contributed by atoms with E-state index < -0.39 is 11.2 Å². The summed E-state index contributed by atoms with van der Waals surface area (Å²) >= 11 is 17.1. The molecule has 1 fully saturated rings. The molecule has 0 aromatic heterocycles. The second-order valence-electron chi connectivity index (χ2n) is 7.98. The summed E-state index contributed by atoms with van der Waals surface area (Å²) in [4.78, 5) is 28.1. The number of thioether (sulfide) groups is 1. The highest BCUT2D eigenvalue weighted by Gasteiger charge is 2.41. The average molecular weight is 601 g/mol. The average Bonchev–Trinajstić information content (AvgIpc) is 3.18. The summed E-state index contributed by atoms with van der Waals surface area (Å²) in [5, 5.41) is 13.5. The summed E-state index contributed by atoms with van der Waals surface area (Å²) in [7, 11) is 0. The smallest absolute Gasteiger partial charge is 0.264 e. The van der Waals surface area contributed by atoms with Gasteiger partial charge >= 0.3 is 0 Å². The maximum absolute atomic E-state index is 13.6. The molecule has 0 bridgehead atoms. The van der Waals surface area contributed by atoms with Gasteiger partial charge in [-0.15, -0.1) is 0 Å². The Morgan fingerprint density at radius 2 is 1.81 bits per heavy atom. The largest absolute Gasteiger partial charge is 0.351 e. The van der Waals surface area contributed by atoms with Gasteiger partial charge in [0.25, 0.3) is 5.91 Å². The molecule has 1 aliphatic heterocycles. The van der Waals surface area contributed by atoms with E-state index in [0.29, 0.717) is 40.1 Å². The molecule has 1 atom stereocenters. The number of rotatable bonds is 7. The Bertz CT molecular complexity index is 1360. The topological polar surface area (TPSA) is 73.2 Å². The number of carbonyl (C=O) groups excluding carboxylic acids is 2. The van der Waals surface area contributed by atoms with Gasteiger partial charge in [0.2, 0.25) is 5.91 Å². The lowest BCUT2D eigenvalue weighted by atomic mass is 10.1. The fraction of sp³-hybridized carbons (Fsp3) is 0.148. The molecule has 1 aliphatic rings. The van der Waals surface area contributed by atoms with Crippen LogP contribution in [0.15, 0.2) is 87.9 Å². The maximum Gasteiger partial charge on any atom is 0.264 e. The van der Waals surface area contributed by atoms with E-state index in [2.05, 4.69) is 21.2 Å². The van der Waals surface area contributed by atoms with Gasteiger partial charge in [-0.3, -0.25) is 14.5 Å². The molecular weight excluding hydrogens is 581 g/mol. The van der Waals surface area contributed by atoms with E-state index in [-0.39, 0.29) is 11.5 Å². The molecule has 182 valence electrons. The lowest BCUT2D eigenvalue weighted by Crippen LogP contribution is -2.32. The Morgan fingerprint density at radius 3 is 2.50 bits per heavy atom. The van der Waals surface area contributed by atoms with Crippen LogP contribution in [0.25, 0.3) is 0 Å². The van der Waals surface area contributed by atoms with Crippen LogP contribution in [-0.4, -0.2) is 23.6 Å². The van der Waals surface area contributed by atoms with Gasteiger partial charge in [0, 0.05) is 26.8 Å². The first-order chi connectivity index (χ1) is 17.4. The van der Waals surface area contributed by atoms with E-state index in [9.17, 15) is 14.9 Å². The molecule has 9 heteroatoms. The van der Waals surface area contributed by atoms with Crippen LogP contribution < -0.4 is 10.2 Å². The van der Waals surface area contributed by atoms with Crippen LogP contribution in [0.5, 0.6) is 0 Å². The van der Waals surface area contributed by atoms with Gasteiger partial charge in [0.05, 0.1) is 5.25 Å². The Balaban J connectivity index is 1.64. The van der Waals surface area contributed by atoms with Crippen molar-refractivity contribution in [2.24, 2.45) is 0 Å². The zero-order valence-electron chi connectivity index (χ0n) is 18.9. The zero-order valence-corrected chi connectivity index (χ0v) is 22.8. The highest BCUT2D eigenvalue weighted by molar-refractivity contribution is 9.10. The summed E-state index contributed by atoms with van der Waals surface area (Å²) in [6.45, 7) is 0.361. The molecule has 0 aliphatic carbocycles. The second-order valence-corrected chi connectivity index (χ2v) is 10.9. The van der Waals surface area contributed by atoms with Crippen LogP contribution >= 0.6 is 50.9 Å². The van der Waals surface area contributed by atoms with Crippen LogP contribution in [0.1, 0.15) is 11.1 Å². The number of nitrogens with one attached hydrogen (secondary N) is 1. The molecule has 4 rings (SSSR count). The van der Waals surface area contributed by atoms with Crippen LogP contribution in [-0.2, 0) is 22.4 Å². The third-order valence-electron chi connectivity index (χ3n) is 5.55. The van der Waals surface area contributed by atoms with Crippen molar-refractivity contribution in [3.05, 3.63) is 109 Å². The predicted molar refractivity (Wildman–Crippen MR) is 149 cm³/mol. The maximum atomic E-state index is 13.6. The van der Waals surface area contributed by atoms with Gasteiger partial charge in [0.15, 0.2) is 0 Å². The lowest BCUT2D eigenvalue weighted by Gasteiger charge is -2.19. The standard InChI is InChI=1S/C27H20BrCl2N3O2S/c28-19-6-9-21(10-7-19)33-26(35)24(15-18-14-20(29)8-11-23(18)30)36-27(33)22(16-31)25(34)32-13-12-17-4-2-1-3-5-17/h1-11,14,24H,12-13,15H2,(H,32,34)/b27-22-/t24-/m0/s1. The van der Waals surface area contributed by atoms with E-state index in [1.165, 1.54) is 16.7 Å². The number of benzene rings is 3. The molecule has 5 nitrogen and oxygen atoms in total. The first kappa shape index (κ1) is 26.3. The van der Waals surface area contributed by atoms with E-state index in [1.54, 1.807) is 42.5 Å². The first-order valence-corrected chi connectivity index (χ1v) is 13.5. The van der Waals surface area contributed by atoms with Crippen molar-refractivity contribution in [2.45, 2.75) is 18.1 Å². The van der Waals surface area contributed by atoms with Gasteiger partial charge in [-0.25, -0.2) is 0 Å². The number of hydrogen-bond donors (Lipinski definition) is 1. The number of amides is 2. The highest BCUT2D eigenvalue weighted by atomic mass is 79.9. The fourth-order valence-electron chi connectivity index (χ4n) is 3.76. The molecule has 0 unspecified atom stereocenters. The molecule has 3 aromatic rings. The van der Waals surface area contributed by atoms with Gasteiger partial charge in [0.1, 0.15) is 16.7 Å². The normalized spacial score (nSPS) is 16.6. The van der Waals surface area contributed by atoms with Crippen molar-refractivity contribution in [2.75, 3.05) is 11.4 Å². The summed E-state index contributed by atoms with van der Waals surface area (Å²) in [6.07, 6.45) is 0.923. The quantitative estimate of drug-likeness (QED) is 0.247.